The molecule has 186 valence electrons. The van der Waals surface area contributed by atoms with Crippen LogP contribution < -0.4 is 5.56 Å². The number of nitrogens with zero attached hydrogens (tertiary/aromatic N) is 3. The van der Waals surface area contributed by atoms with Gasteiger partial charge in [-0.25, -0.2) is 4.98 Å². The zero-order valence-electron chi connectivity index (χ0n) is 20.6. The van der Waals surface area contributed by atoms with Crippen molar-refractivity contribution in [3.05, 3.63) is 103 Å². The van der Waals surface area contributed by atoms with Gasteiger partial charge in [-0.15, -0.1) is 0 Å². The molecule has 1 amide bonds. The fourth-order valence-corrected chi connectivity index (χ4v) is 5.00. The monoisotopic (exact) mass is 609 g/mol. The molecule has 0 aliphatic rings. The van der Waals surface area contributed by atoms with Crippen molar-refractivity contribution in [1.82, 2.24) is 14.5 Å². The molecule has 0 bridgehead atoms. The van der Waals surface area contributed by atoms with Gasteiger partial charge in [0, 0.05) is 21.1 Å². The van der Waals surface area contributed by atoms with Crippen molar-refractivity contribution in [2.24, 2.45) is 5.92 Å². The van der Waals surface area contributed by atoms with Crippen LogP contribution in [-0.4, -0.2) is 26.9 Å². The lowest BCUT2D eigenvalue weighted by molar-refractivity contribution is 0.0648. The number of fused-ring (bicyclic) bond motifs is 1. The first kappa shape index (κ1) is 26.3. The fourth-order valence-electron chi connectivity index (χ4n) is 4.34. The highest BCUT2D eigenvalue weighted by Crippen LogP contribution is 2.29. The Morgan fingerprint density at radius 2 is 1.69 bits per heavy atom. The summed E-state index contributed by atoms with van der Waals surface area (Å²) in [6, 6.07) is 22.0. The van der Waals surface area contributed by atoms with Crippen LogP contribution in [0.2, 0.25) is 0 Å². The molecule has 0 N–H and O–H groups in total. The van der Waals surface area contributed by atoms with E-state index >= 15 is 0 Å². The second-order valence-electron chi connectivity index (χ2n) is 9.22. The molecule has 36 heavy (non-hydrogen) atoms. The van der Waals surface area contributed by atoms with E-state index in [2.05, 4.69) is 45.7 Å². The Kier molecular flexibility index (Phi) is 8.42. The largest absolute Gasteiger partial charge is 0.328 e. The van der Waals surface area contributed by atoms with Crippen LogP contribution in [0.5, 0.6) is 0 Å². The van der Waals surface area contributed by atoms with Crippen molar-refractivity contribution >= 4 is 48.7 Å². The van der Waals surface area contributed by atoms with Crippen LogP contribution in [0.3, 0.4) is 0 Å². The molecule has 1 aromatic heterocycles. The number of hydrogen-bond donors (Lipinski definition) is 0. The van der Waals surface area contributed by atoms with E-state index in [1.807, 2.05) is 78.6 Å². The highest BCUT2D eigenvalue weighted by atomic mass is 79.9. The SMILES string of the molecule is CCC(c1nc2ccccc2c(=O)n1-c1ccc(Br)cc1)N(CCC(C)C)C(=O)c1cccc(Br)c1. The molecule has 0 saturated heterocycles. The van der Waals surface area contributed by atoms with Gasteiger partial charge in [0.15, 0.2) is 0 Å². The number of rotatable bonds is 8. The Hall–Kier alpha value is -2.77. The quantitative estimate of drug-likeness (QED) is 0.207. The van der Waals surface area contributed by atoms with E-state index in [-0.39, 0.29) is 11.5 Å². The Bertz CT molecular complexity index is 1430. The van der Waals surface area contributed by atoms with Gasteiger partial charge in [0.05, 0.1) is 22.6 Å². The van der Waals surface area contributed by atoms with Gasteiger partial charge < -0.3 is 4.90 Å². The van der Waals surface area contributed by atoms with Crippen LogP contribution in [-0.2, 0) is 0 Å². The van der Waals surface area contributed by atoms with E-state index < -0.39 is 6.04 Å². The summed E-state index contributed by atoms with van der Waals surface area (Å²) in [6.07, 6.45) is 1.45. The van der Waals surface area contributed by atoms with Crippen molar-refractivity contribution in [3.63, 3.8) is 0 Å². The van der Waals surface area contributed by atoms with E-state index in [0.29, 0.717) is 46.9 Å². The highest BCUT2D eigenvalue weighted by molar-refractivity contribution is 9.10. The number of amides is 1. The molecule has 1 unspecified atom stereocenters. The van der Waals surface area contributed by atoms with E-state index in [0.717, 1.165) is 15.4 Å². The lowest BCUT2D eigenvalue weighted by Gasteiger charge is -2.33. The molecule has 0 spiro atoms. The minimum absolute atomic E-state index is 0.0754. The standard InChI is InChI=1S/C29H29Br2N3O2/c1-4-26(33(17-16-19(2)3)28(35)20-8-7-9-22(31)18-20)27-32-25-11-6-5-10-24(25)29(36)34(27)23-14-12-21(30)13-15-23/h5-15,18-19,26H,4,16-17H2,1-3H3. The molecule has 4 rings (SSSR count). The van der Waals surface area contributed by atoms with Crippen LogP contribution in [0.15, 0.2) is 86.5 Å². The minimum atomic E-state index is -0.392. The number of halogens is 2. The van der Waals surface area contributed by atoms with Gasteiger partial charge in [0.1, 0.15) is 5.82 Å². The molecule has 0 saturated carbocycles. The zero-order chi connectivity index (χ0) is 25.8. The molecule has 0 fully saturated rings. The first-order chi connectivity index (χ1) is 17.3. The predicted molar refractivity (Wildman–Crippen MR) is 153 cm³/mol. The maximum atomic E-state index is 13.9. The number of carbonyl (C=O) groups excluding carboxylic acids is 1. The molecule has 4 aromatic rings. The van der Waals surface area contributed by atoms with Gasteiger partial charge in [-0.05, 0) is 73.4 Å². The second kappa shape index (κ2) is 11.5. The molecule has 0 aliphatic carbocycles. The first-order valence-corrected chi connectivity index (χ1v) is 13.7. The summed E-state index contributed by atoms with van der Waals surface area (Å²) in [6.45, 7) is 6.89. The molecule has 1 heterocycles. The van der Waals surface area contributed by atoms with Crippen molar-refractivity contribution in [2.45, 2.75) is 39.7 Å². The highest BCUT2D eigenvalue weighted by Gasteiger charge is 2.30. The van der Waals surface area contributed by atoms with Gasteiger partial charge in [-0.3, -0.25) is 14.2 Å². The molecule has 0 radical (unpaired) electrons. The predicted octanol–water partition coefficient (Wildman–Crippen LogP) is 7.55. The lowest BCUT2D eigenvalue weighted by Crippen LogP contribution is -2.39. The number of para-hydroxylation sites is 1. The topological polar surface area (TPSA) is 55.2 Å². The molecule has 7 heteroatoms. The van der Waals surface area contributed by atoms with E-state index in [1.54, 1.807) is 10.6 Å². The summed E-state index contributed by atoms with van der Waals surface area (Å²) in [7, 11) is 0. The Balaban J connectivity index is 1.94. The summed E-state index contributed by atoms with van der Waals surface area (Å²) in [5.41, 5.74) is 1.80. The number of carbonyl (C=O) groups is 1. The van der Waals surface area contributed by atoms with Crippen LogP contribution >= 0.6 is 31.9 Å². The second-order valence-corrected chi connectivity index (χ2v) is 11.1. The molecule has 1 atom stereocenters. The molecule has 0 aliphatic heterocycles. The summed E-state index contributed by atoms with van der Waals surface area (Å²) in [5, 5.41) is 0.547. The third kappa shape index (κ3) is 5.62. The molecular formula is C29H29Br2N3O2. The van der Waals surface area contributed by atoms with E-state index in [4.69, 9.17) is 4.98 Å². The van der Waals surface area contributed by atoms with Gasteiger partial charge in [0.2, 0.25) is 0 Å². The Morgan fingerprint density at radius 1 is 0.972 bits per heavy atom. The third-order valence-electron chi connectivity index (χ3n) is 6.23. The smallest absolute Gasteiger partial charge is 0.266 e. The maximum Gasteiger partial charge on any atom is 0.266 e. The van der Waals surface area contributed by atoms with Gasteiger partial charge >= 0.3 is 0 Å². The summed E-state index contributed by atoms with van der Waals surface area (Å²) >= 11 is 6.98. The van der Waals surface area contributed by atoms with Crippen molar-refractivity contribution in [3.8, 4) is 5.69 Å². The fraction of sp³-hybridized carbons (Fsp3) is 0.276. The van der Waals surface area contributed by atoms with Crippen LogP contribution in [0.1, 0.15) is 55.8 Å². The minimum Gasteiger partial charge on any atom is -0.328 e. The number of hydrogen-bond acceptors (Lipinski definition) is 3. The average Bonchev–Trinajstić information content (AvgIpc) is 2.87. The Morgan fingerprint density at radius 3 is 2.36 bits per heavy atom. The maximum absolute atomic E-state index is 13.9. The summed E-state index contributed by atoms with van der Waals surface area (Å²) in [4.78, 5) is 34.6. The first-order valence-electron chi connectivity index (χ1n) is 12.1. The van der Waals surface area contributed by atoms with Gasteiger partial charge in [0.25, 0.3) is 11.5 Å². The van der Waals surface area contributed by atoms with Crippen molar-refractivity contribution < 1.29 is 4.79 Å². The van der Waals surface area contributed by atoms with Gasteiger partial charge in [-0.1, -0.05) is 70.8 Å². The van der Waals surface area contributed by atoms with E-state index in [9.17, 15) is 9.59 Å². The normalized spacial score (nSPS) is 12.2. The number of benzene rings is 3. The third-order valence-corrected chi connectivity index (χ3v) is 7.25. The average molecular weight is 611 g/mol. The van der Waals surface area contributed by atoms with Crippen LogP contribution in [0, 0.1) is 5.92 Å². The summed E-state index contributed by atoms with van der Waals surface area (Å²) in [5.74, 6) is 0.905. The van der Waals surface area contributed by atoms with Crippen LogP contribution in [0.25, 0.3) is 16.6 Å². The van der Waals surface area contributed by atoms with Crippen molar-refractivity contribution in [1.29, 1.82) is 0 Å². The zero-order valence-corrected chi connectivity index (χ0v) is 23.8. The van der Waals surface area contributed by atoms with Crippen molar-refractivity contribution in [2.75, 3.05) is 6.54 Å². The molecule has 5 nitrogen and oxygen atoms in total. The number of aromatic nitrogens is 2. The molecular weight excluding hydrogens is 582 g/mol. The van der Waals surface area contributed by atoms with Gasteiger partial charge in [-0.2, -0.15) is 0 Å². The Labute approximate surface area is 228 Å². The lowest BCUT2D eigenvalue weighted by atomic mass is 10.0. The summed E-state index contributed by atoms with van der Waals surface area (Å²) < 4.78 is 3.44. The van der Waals surface area contributed by atoms with Crippen LogP contribution in [0.4, 0.5) is 0 Å². The molecule has 3 aromatic carbocycles. The van der Waals surface area contributed by atoms with E-state index in [1.165, 1.54) is 0 Å².